The van der Waals surface area contributed by atoms with E-state index in [1.165, 1.54) is 0 Å². The van der Waals surface area contributed by atoms with Crippen LogP contribution >= 0.6 is 0 Å². The van der Waals surface area contributed by atoms with E-state index in [0.717, 1.165) is 28.1 Å². The summed E-state index contributed by atoms with van der Waals surface area (Å²) in [6.07, 6.45) is 7.56. The number of aryl methyl sites for hydroxylation is 1. The molecular formula is C17H22N4. The summed E-state index contributed by atoms with van der Waals surface area (Å²) in [6.45, 7) is 10.1. The molecule has 0 fully saturated rings. The molecule has 1 rings (SSSR count). The van der Waals surface area contributed by atoms with Gasteiger partial charge in [0.15, 0.2) is 0 Å². The molecule has 0 spiro atoms. The summed E-state index contributed by atoms with van der Waals surface area (Å²) in [5.41, 5.74) is 16.8. The highest BCUT2D eigenvalue weighted by Crippen LogP contribution is 2.29. The highest BCUT2D eigenvalue weighted by atomic mass is 14.9. The number of anilines is 1. The number of terminal acetylenes is 1. The number of hydrogen-bond donors (Lipinski definition) is 3. The van der Waals surface area contributed by atoms with Crippen molar-refractivity contribution in [3.05, 3.63) is 47.2 Å². The van der Waals surface area contributed by atoms with E-state index in [1.807, 2.05) is 19.1 Å². The van der Waals surface area contributed by atoms with Crippen LogP contribution in [0.4, 0.5) is 11.4 Å². The first-order valence-electron chi connectivity index (χ1n) is 6.64. The van der Waals surface area contributed by atoms with Gasteiger partial charge in [-0.25, -0.2) is 0 Å². The minimum Gasteiger partial charge on any atom is -0.399 e. The molecular weight excluding hydrogens is 260 g/mol. The van der Waals surface area contributed by atoms with Gasteiger partial charge in [-0.15, -0.1) is 12.3 Å². The molecule has 0 radical (unpaired) electrons. The van der Waals surface area contributed by atoms with Crippen LogP contribution in [0.3, 0.4) is 0 Å². The van der Waals surface area contributed by atoms with E-state index in [-0.39, 0.29) is 0 Å². The van der Waals surface area contributed by atoms with Crippen molar-refractivity contribution < 1.29 is 0 Å². The fraction of sp³-hybridized carbons (Fsp3) is 0.235. The van der Waals surface area contributed by atoms with Gasteiger partial charge in [0.1, 0.15) is 0 Å². The Balaban J connectivity index is 3.07. The van der Waals surface area contributed by atoms with Crippen molar-refractivity contribution in [1.29, 1.82) is 0 Å². The topological polar surface area (TPSA) is 76.4 Å². The monoisotopic (exact) mass is 282 g/mol. The van der Waals surface area contributed by atoms with E-state index < -0.39 is 0 Å². The van der Waals surface area contributed by atoms with Gasteiger partial charge < -0.3 is 16.8 Å². The minimum absolute atomic E-state index is 0.366. The summed E-state index contributed by atoms with van der Waals surface area (Å²) in [5, 5.41) is 3.29. The largest absolute Gasteiger partial charge is 0.399 e. The Kier molecular flexibility index (Phi) is 6.25. The van der Waals surface area contributed by atoms with Gasteiger partial charge in [-0.2, -0.15) is 0 Å². The molecule has 0 unspecified atom stereocenters. The normalized spacial score (nSPS) is 11.3. The standard InChI is InChI=1S/C17H22N4/c1-5-7-13-9-17(16(20-4)8-12(13)3)21-11-14(10-18)15(19)6-2/h1,6,8-9,21H,2,4,7,10-11,18-19H2,3H3/b15-14-. The summed E-state index contributed by atoms with van der Waals surface area (Å²) in [7, 11) is 0. The molecule has 0 atom stereocenters. The first kappa shape index (κ1) is 16.5. The Morgan fingerprint density at radius 3 is 2.76 bits per heavy atom. The van der Waals surface area contributed by atoms with E-state index in [0.29, 0.717) is 25.2 Å². The molecule has 0 aliphatic rings. The van der Waals surface area contributed by atoms with E-state index in [1.54, 1.807) is 6.08 Å². The smallest absolute Gasteiger partial charge is 0.0856 e. The number of nitrogens with one attached hydrogen (secondary N) is 1. The van der Waals surface area contributed by atoms with E-state index in [2.05, 4.69) is 29.5 Å². The summed E-state index contributed by atoms with van der Waals surface area (Å²) in [4.78, 5) is 4.04. The van der Waals surface area contributed by atoms with Gasteiger partial charge in [-0.3, -0.25) is 4.99 Å². The highest BCUT2D eigenvalue weighted by molar-refractivity contribution is 5.70. The predicted octanol–water partition coefficient (Wildman–Crippen LogP) is 2.27. The van der Waals surface area contributed by atoms with Crippen LogP contribution in [-0.2, 0) is 6.42 Å². The fourth-order valence-corrected chi connectivity index (χ4v) is 1.95. The minimum atomic E-state index is 0.366. The zero-order valence-electron chi connectivity index (χ0n) is 12.4. The zero-order chi connectivity index (χ0) is 15.8. The van der Waals surface area contributed by atoms with Crippen molar-refractivity contribution in [3.63, 3.8) is 0 Å². The molecule has 4 heteroatoms. The Labute approximate surface area is 126 Å². The second-order valence-corrected chi connectivity index (χ2v) is 4.66. The Morgan fingerprint density at radius 1 is 1.52 bits per heavy atom. The van der Waals surface area contributed by atoms with E-state index in [4.69, 9.17) is 17.9 Å². The lowest BCUT2D eigenvalue weighted by molar-refractivity contribution is 1.04. The lowest BCUT2D eigenvalue weighted by atomic mass is 10.0. The molecule has 0 bridgehead atoms. The van der Waals surface area contributed by atoms with Crippen LogP contribution in [-0.4, -0.2) is 19.8 Å². The number of nitrogens with zero attached hydrogens (tertiary/aromatic N) is 1. The van der Waals surface area contributed by atoms with Gasteiger partial charge in [0.05, 0.1) is 11.4 Å². The molecule has 4 nitrogen and oxygen atoms in total. The van der Waals surface area contributed by atoms with Gasteiger partial charge in [-0.1, -0.05) is 6.58 Å². The summed E-state index contributed by atoms with van der Waals surface area (Å²) < 4.78 is 0. The maximum atomic E-state index is 5.84. The molecule has 0 aliphatic carbocycles. The summed E-state index contributed by atoms with van der Waals surface area (Å²) >= 11 is 0. The quantitative estimate of drug-likeness (QED) is 0.408. The van der Waals surface area contributed by atoms with Crippen molar-refractivity contribution in [2.75, 3.05) is 18.4 Å². The lowest BCUT2D eigenvalue weighted by Gasteiger charge is -2.15. The lowest BCUT2D eigenvalue weighted by Crippen LogP contribution is -2.17. The maximum Gasteiger partial charge on any atom is 0.0856 e. The van der Waals surface area contributed by atoms with Crippen LogP contribution in [0.1, 0.15) is 11.1 Å². The van der Waals surface area contributed by atoms with Crippen LogP contribution in [0.25, 0.3) is 0 Å². The molecule has 21 heavy (non-hydrogen) atoms. The molecule has 0 aliphatic heterocycles. The SMILES string of the molecule is C#CCc1cc(NC/C(CN)=C(\N)C=C)c(N=C)cc1C. The van der Waals surface area contributed by atoms with Gasteiger partial charge in [0.2, 0.25) is 0 Å². The third kappa shape index (κ3) is 4.23. The second-order valence-electron chi connectivity index (χ2n) is 4.66. The van der Waals surface area contributed by atoms with Crippen molar-refractivity contribution in [3.8, 4) is 12.3 Å². The van der Waals surface area contributed by atoms with Crippen LogP contribution in [0.15, 0.2) is 41.1 Å². The predicted molar refractivity (Wildman–Crippen MR) is 91.9 cm³/mol. The molecule has 0 saturated carbocycles. The number of aliphatic imine (C=N–C) groups is 1. The van der Waals surface area contributed by atoms with Crippen molar-refractivity contribution in [1.82, 2.24) is 0 Å². The fourth-order valence-electron chi connectivity index (χ4n) is 1.95. The average molecular weight is 282 g/mol. The molecule has 0 amide bonds. The van der Waals surface area contributed by atoms with Crippen LogP contribution in [0.2, 0.25) is 0 Å². The number of benzene rings is 1. The van der Waals surface area contributed by atoms with Gasteiger partial charge in [-0.05, 0) is 48.6 Å². The Hall–Kier alpha value is -2.51. The molecule has 0 aromatic heterocycles. The van der Waals surface area contributed by atoms with Crippen LogP contribution in [0.5, 0.6) is 0 Å². The highest BCUT2D eigenvalue weighted by Gasteiger charge is 2.07. The number of nitrogens with two attached hydrogens (primary N) is 2. The Morgan fingerprint density at radius 2 is 2.24 bits per heavy atom. The third-order valence-electron chi connectivity index (χ3n) is 3.28. The second kappa shape index (κ2) is 7.93. The van der Waals surface area contributed by atoms with Gasteiger partial charge in [0, 0.05) is 25.2 Å². The summed E-state index contributed by atoms with van der Waals surface area (Å²) in [6, 6.07) is 3.96. The Bertz CT molecular complexity index is 606. The summed E-state index contributed by atoms with van der Waals surface area (Å²) in [5.74, 6) is 2.66. The van der Waals surface area contributed by atoms with Crippen molar-refractivity contribution in [2.24, 2.45) is 16.5 Å². The van der Waals surface area contributed by atoms with Crippen molar-refractivity contribution >= 4 is 18.1 Å². The molecule has 5 N–H and O–H groups in total. The first-order valence-corrected chi connectivity index (χ1v) is 6.64. The molecule has 110 valence electrons. The first-order chi connectivity index (χ1) is 10.1. The zero-order valence-corrected chi connectivity index (χ0v) is 12.4. The molecule has 0 heterocycles. The van der Waals surface area contributed by atoms with Crippen LogP contribution < -0.4 is 16.8 Å². The number of allylic oxidation sites excluding steroid dienone is 1. The molecule has 1 aromatic rings. The van der Waals surface area contributed by atoms with Crippen LogP contribution in [0, 0.1) is 19.3 Å². The van der Waals surface area contributed by atoms with Crippen molar-refractivity contribution in [2.45, 2.75) is 13.3 Å². The van der Waals surface area contributed by atoms with E-state index in [9.17, 15) is 0 Å². The number of hydrogen-bond acceptors (Lipinski definition) is 4. The molecule has 1 aromatic carbocycles. The molecule has 0 saturated heterocycles. The number of rotatable bonds is 7. The maximum absolute atomic E-state index is 5.84. The third-order valence-corrected chi connectivity index (χ3v) is 3.28. The van der Waals surface area contributed by atoms with Gasteiger partial charge >= 0.3 is 0 Å². The van der Waals surface area contributed by atoms with E-state index >= 15 is 0 Å². The van der Waals surface area contributed by atoms with Gasteiger partial charge in [0.25, 0.3) is 0 Å². The average Bonchev–Trinajstić information content (AvgIpc) is 2.50.